The number of rotatable bonds is 4. The predicted molar refractivity (Wildman–Crippen MR) is 87.4 cm³/mol. The largest absolute Gasteiger partial charge is 0.443 e. The number of ether oxygens (including phenoxy) is 1. The van der Waals surface area contributed by atoms with Crippen molar-refractivity contribution in [3.8, 4) is 0 Å². The summed E-state index contributed by atoms with van der Waals surface area (Å²) in [5.74, 6) is -0.0811. The first-order valence-electron chi connectivity index (χ1n) is 7.93. The Labute approximate surface area is 137 Å². The second-order valence-corrected chi connectivity index (χ2v) is 6.67. The minimum Gasteiger partial charge on any atom is -0.443 e. The van der Waals surface area contributed by atoms with E-state index in [-0.39, 0.29) is 11.9 Å². The highest BCUT2D eigenvalue weighted by Crippen LogP contribution is 2.16. The first kappa shape index (κ1) is 17.3. The number of nitrogens with zero attached hydrogens (tertiary/aromatic N) is 1. The Balaban J connectivity index is 1.85. The molecule has 1 heterocycles. The van der Waals surface area contributed by atoms with Gasteiger partial charge in [0.2, 0.25) is 5.91 Å². The van der Waals surface area contributed by atoms with Gasteiger partial charge < -0.3 is 10.1 Å². The fourth-order valence-electron chi connectivity index (χ4n) is 2.49. The van der Waals surface area contributed by atoms with Crippen molar-refractivity contribution in [2.24, 2.45) is 0 Å². The van der Waals surface area contributed by atoms with Crippen LogP contribution in [0.25, 0.3) is 0 Å². The van der Waals surface area contributed by atoms with Gasteiger partial charge in [-0.15, -0.1) is 0 Å². The summed E-state index contributed by atoms with van der Waals surface area (Å²) in [5.41, 5.74) is 3.16. The van der Waals surface area contributed by atoms with Gasteiger partial charge in [0.15, 0.2) is 0 Å². The Kier molecular flexibility index (Phi) is 5.60. The number of carbonyl (C=O) groups is 2. The number of hydrogen-bond donors (Lipinski definition) is 2. The highest BCUT2D eigenvalue weighted by Gasteiger charge is 2.32. The van der Waals surface area contributed by atoms with E-state index in [4.69, 9.17) is 4.74 Å². The number of hydrazine groups is 1. The third-order valence-corrected chi connectivity index (χ3v) is 3.50. The van der Waals surface area contributed by atoms with Crippen LogP contribution in [0.3, 0.4) is 0 Å². The Hall–Kier alpha value is -2.08. The molecule has 1 aromatic rings. The number of benzene rings is 1. The van der Waals surface area contributed by atoms with Crippen molar-refractivity contribution in [2.75, 3.05) is 6.54 Å². The van der Waals surface area contributed by atoms with Gasteiger partial charge in [0.05, 0.1) is 0 Å². The molecule has 0 spiro atoms. The number of amides is 2. The molecule has 1 atom stereocenters. The second-order valence-electron chi connectivity index (χ2n) is 6.67. The van der Waals surface area contributed by atoms with Gasteiger partial charge in [-0.2, -0.15) is 0 Å². The van der Waals surface area contributed by atoms with E-state index in [0.717, 1.165) is 18.4 Å². The van der Waals surface area contributed by atoms with E-state index in [1.807, 2.05) is 30.3 Å². The van der Waals surface area contributed by atoms with E-state index in [1.54, 1.807) is 25.8 Å². The molecule has 1 saturated heterocycles. The summed E-state index contributed by atoms with van der Waals surface area (Å²) in [6, 6.07) is 9.39. The molecular formula is C17H25N3O3. The zero-order chi connectivity index (χ0) is 16.9. The number of hydrogen-bond acceptors (Lipinski definition) is 4. The zero-order valence-corrected chi connectivity index (χ0v) is 14.0. The molecule has 0 aromatic heterocycles. The van der Waals surface area contributed by atoms with Crippen LogP contribution in [0.4, 0.5) is 4.79 Å². The van der Waals surface area contributed by atoms with Gasteiger partial charge in [-0.05, 0) is 39.2 Å². The fraction of sp³-hybridized carbons (Fsp3) is 0.529. The molecule has 23 heavy (non-hydrogen) atoms. The Morgan fingerprint density at radius 1 is 1.26 bits per heavy atom. The van der Waals surface area contributed by atoms with Crippen molar-refractivity contribution < 1.29 is 14.3 Å². The van der Waals surface area contributed by atoms with Gasteiger partial charge in [-0.3, -0.25) is 10.2 Å². The zero-order valence-electron chi connectivity index (χ0n) is 14.0. The molecule has 0 bridgehead atoms. The van der Waals surface area contributed by atoms with E-state index in [0.29, 0.717) is 13.1 Å². The highest BCUT2D eigenvalue weighted by atomic mass is 16.6. The van der Waals surface area contributed by atoms with Crippen LogP contribution in [0.2, 0.25) is 0 Å². The van der Waals surface area contributed by atoms with Crippen molar-refractivity contribution >= 4 is 12.0 Å². The monoisotopic (exact) mass is 319 g/mol. The molecule has 0 aliphatic carbocycles. The van der Waals surface area contributed by atoms with E-state index in [9.17, 15) is 9.59 Å². The Bertz CT molecular complexity index is 540. The minimum atomic E-state index is -0.561. The van der Waals surface area contributed by atoms with Gasteiger partial charge in [-0.25, -0.2) is 9.80 Å². The lowest BCUT2D eigenvalue weighted by Crippen LogP contribution is -2.52. The first-order chi connectivity index (χ1) is 10.8. The average Bonchev–Trinajstić information content (AvgIpc) is 2.92. The molecule has 126 valence electrons. The molecule has 1 aliphatic heterocycles. The predicted octanol–water partition coefficient (Wildman–Crippen LogP) is 2.21. The molecule has 1 unspecified atom stereocenters. The van der Waals surface area contributed by atoms with E-state index < -0.39 is 11.7 Å². The van der Waals surface area contributed by atoms with Crippen molar-refractivity contribution in [3.05, 3.63) is 35.9 Å². The van der Waals surface area contributed by atoms with Crippen LogP contribution >= 0.6 is 0 Å². The molecule has 6 nitrogen and oxygen atoms in total. The molecule has 0 radical (unpaired) electrons. The van der Waals surface area contributed by atoms with Crippen LogP contribution in [0.15, 0.2) is 30.3 Å². The summed E-state index contributed by atoms with van der Waals surface area (Å²) in [7, 11) is 0. The third-order valence-electron chi connectivity index (χ3n) is 3.50. The lowest BCUT2D eigenvalue weighted by atomic mass is 10.2. The van der Waals surface area contributed by atoms with Crippen LogP contribution in [-0.4, -0.2) is 35.2 Å². The summed E-state index contributed by atoms with van der Waals surface area (Å²) in [4.78, 5) is 24.2. The summed E-state index contributed by atoms with van der Waals surface area (Å²) < 4.78 is 5.23. The van der Waals surface area contributed by atoms with Gasteiger partial charge in [0.25, 0.3) is 0 Å². The lowest BCUT2D eigenvalue weighted by Gasteiger charge is -2.26. The molecule has 0 saturated carbocycles. The molecule has 2 N–H and O–H groups in total. The van der Waals surface area contributed by atoms with Gasteiger partial charge in [0, 0.05) is 13.1 Å². The van der Waals surface area contributed by atoms with Crippen molar-refractivity contribution in [1.29, 1.82) is 0 Å². The first-order valence-corrected chi connectivity index (χ1v) is 7.93. The van der Waals surface area contributed by atoms with Gasteiger partial charge >= 0.3 is 6.09 Å². The summed E-state index contributed by atoms with van der Waals surface area (Å²) in [6.07, 6.45) is 1.05. The number of carbonyl (C=O) groups excluding carboxylic acids is 2. The fourth-order valence-corrected chi connectivity index (χ4v) is 2.49. The topological polar surface area (TPSA) is 70.7 Å². The lowest BCUT2D eigenvalue weighted by molar-refractivity contribution is -0.126. The maximum atomic E-state index is 12.4. The van der Waals surface area contributed by atoms with E-state index in [1.165, 1.54) is 0 Å². The summed E-state index contributed by atoms with van der Waals surface area (Å²) in [5, 5.41) is 4.58. The molecule has 1 aromatic carbocycles. The van der Waals surface area contributed by atoms with Crippen LogP contribution in [0.1, 0.15) is 39.2 Å². The SMILES string of the molecule is CC(C)(C)OC(=O)NN1CCCC1C(=O)NCc1ccccc1. The molecule has 2 amide bonds. The molecule has 1 aliphatic rings. The smallest absolute Gasteiger partial charge is 0.422 e. The number of nitrogens with one attached hydrogen (secondary N) is 2. The molecule has 2 rings (SSSR count). The van der Waals surface area contributed by atoms with Gasteiger partial charge in [-0.1, -0.05) is 30.3 Å². The van der Waals surface area contributed by atoms with Crippen LogP contribution in [0, 0.1) is 0 Å². The maximum Gasteiger partial charge on any atom is 0.422 e. The quantitative estimate of drug-likeness (QED) is 0.892. The standard InChI is InChI=1S/C17H25N3O3/c1-17(2,3)23-16(22)19-20-11-7-10-14(20)15(21)18-12-13-8-5-4-6-9-13/h4-6,8-9,14H,7,10-12H2,1-3H3,(H,18,21)(H,19,22). The molecular weight excluding hydrogens is 294 g/mol. The summed E-state index contributed by atoms with van der Waals surface area (Å²) >= 11 is 0. The minimum absolute atomic E-state index is 0.0811. The van der Waals surface area contributed by atoms with Gasteiger partial charge in [0.1, 0.15) is 11.6 Å². The van der Waals surface area contributed by atoms with Crippen molar-refractivity contribution in [1.82, 2.24) is 15.8 Å². The van der Waals surface area contributed by atoms with Crippen LogP contribution < -0.4 is 10.7 Å². The normalized spacial score (nSPS) is 18.5. The second kappa shape index (κ2) is 7.46. The Morgan fingerprint density at radius 2 is 1.96 bits per heavy atom. The van der Waals surface area contributed by atoms with Crippen molar-refractivity contribution in [3.63, 3.8) is 0 Å². The average molecular weight is 319 g/mol. The molecule has 1 fully saturated rings. The third kappa shape index (κ3) is 5.56. The van der Waals surface area contributed by atoms with E-state index in [2.05, 4.69) is 10.7 Å². The summed E-state index contributed by atoms with van der Waals surface area (Å²) in [6.45, 7) is 6.54. The maximum absolute atomic E-state index is 12.4. The van der Waals surface area contributed by atoms with E-state index >= 15 is 0 Å². The molecule has 6 heteroatoms. The van der Waals surface area contributed by atoms with Crippen LogP contribution in [0.5, 0.6) is 0 Å². The van der Waals surface area contributed by atoms with Crippen molar-refractivity contribution in [2.45, 2.75) is 51.8 Å². The van der Waals surface area contributed by atoms with Crippen LogP contribution in [-0.2, 0) is 16.1 Å². The highest BCUT2D eigenvalue weighted by molar-refractivity contribution is 5.82. The Morgan fingerprint density at radius 3 is 2.61 bits per heavy atom.